The van der Waals surface area contributed by atoms with Gasteiger partial charge in [-0.1, -0.05) is 0 Å². The second-order valence-corrected chi connectivity index (χ2v) is 7.41. The Hall–Kier alpha value is 0.620. The van der Waals surface area contributed by atoms with E-state index in [1.165, 1.54) is 32.5 Å². The first-order chi connectivity index (χ1) is 6.59. The van der Waals surface area contributed by atoms with Crippen molar-refractivity contribution in [2.45, 2.75) is 31.7 Å². The minimum atomic E-state index is 0.323. The molecule has 1 unspecified atom stereocenters. The molecule has 2 heterocycles. The summed E-state index contributed by atoms with van der Waals surface area (Å²) in [6, 6.07) is 2.22. The van der Waals surface area contributed by atoms with Crippen molar-refractivity contribution in [1.29, 1.82) is 0 Å². The molecule has 0 aliphatic carbocycles. The Morgan fingerprint density at radius 1 is 1.57 bits per heavy atom. The molecule has 4 heteroatoms. The van der Waals surface area contributed by atoms with E-state index in [2.05, 4.69) is 50.2 Å². The highest BCUT2D eigenvalue weighted by atomic mass is 79.9. The Bertz CT molecular complexity index is 309. The van der Waals surface area contributed by atoms with Crippen molar-refractivity contribution in [3.63, 3.8) is 0 Å². The largest absolute Gasteiger partial charge is 0.311 e. The van der Waals surface area contributed by atoms with Crippen LogP contribution in [0.2, 0.25) is 0 Å². The summed E-state index contributed by atoms with van der Waals surface area (Å²) < 4.78 is 2.38. The van der Waals surface area contributed by atoms with Gasteiger partial charge in [0.25, 0.3) is 0 Å². The van der Waals surface area contributed by atoms with Gasteiger partial charge in [0.1, 0.15) is 0 Å². The zero-order chi connectivity index (χ0) is 10.2. The third-order valence-corrected chi connectivity index (χ3v) is 5.97. The minimum absolute atomic E-state index is 0.323. The number of nitrogens with one attached hydrogen (secondary N) is 1. The van der Waals surface area contributed by atoms with Gasteiger partial charge in [0.2, 0.25) is 0 Å². The number of halogens is 2. The average Bonchev–Trinajstić information content (AvgIpc) is 2.62. The Morgan fingerprint density at radius 3 is 2.86 bits per heavy atom. The summed E-state index contributed by atoms with van der Waals surface area (Å²) in [6.07, 6.45) is 3.74. The molecule has 0 bridgehead atoms. The van der Waals surface area contributed by atoms with Crippen molar-refractivity contribution in [3.05, 3.63) is 19.2 Å². The van der Waals surface area contributed by atoms with Gasteiger partial charge in [0.05, 0.1) is 3.79 Å². The number of rotatable bonds is 2. The Morgan fingerprint density at radius 2 is 2.36 bits per heavy atom. The monoisotopic (exact) mass is 337 g/mol. The van der Waals surface area contributed by atoms with Crippen LogP contribution in [-0.4, -0.2) is 12.1 Å². The zero-order valence-electron chi connectivity index (χ0n) is 8.07. The second-order valence-electron chi connectivity index (χ2n) is 4.10. The fourth-order valence-electron chi connectivity index (χ4n) is 1.97. The predicted molar refractivity (Wildman–Crippen MR) is 69.1 cm³/mol. The van der Waals surface area contributed by atoms with Crippen LogP contribution >= 0.6 is 43.2 Å². The van der Waals surface area contributed by atoms with Crippen molar-refractivity contribution in [3.8, 4) is 0 Å². The molecule has 1 aliphatic rings. The maximum atomic E-state index is 3.59. The Labute approximate surface area is 106 Å². The maximum absolute atomic E-state index is 3.59. The lowest BCUT2D eigenvalue weighted by Gasteiger charge is -2.23. The first kappa shape index (κ1) is 11.1. The van der Waals surface area contributed by atoms with Gasteiger partial charge in [-0.2, -0.15) is 0 Å². The van der Waals surface area contributed by atoms with Crippen molar-refractivity contribution in [1.82, 2.24) is 5.32 Å². The molecule has 0 amide bonds. The van der Waals surface area contributed by atoms with Gasteiger partial charge >= 0.3 is 0 Å². The molecule has 2 rings (SSSR count). The van der Waals surface area contributed by atoms with Crippen LogP contribution in [0.5, 0.6) is 0 Å². The zero-order valence-corrected chi connectivity index (χ0v) is 12.1. The van der Waals surface area contributed by atoms with E-state index in [0.29, 0.717) is 5.54 Å². The first-order valence-electron chi connectivity index (χ1n) is 4.78. The highest BCUT2D eigenvalue weighted by Crippen LogP contribution is 2.35. The molecule has 1 aliphatic heterocycles. The standard InChI is InChI=1S/C10H13Br2NS/c1-10(3-2-4-13-10)6-7-5-8(11)9(12)14-7/h5,13H,2-4,6H2,1H3. The molecule has 1 saturated heterocycles. The summed E-state index contributed by atoms with van der Waals surface area (Å²) in [5.41, 5.74) is 0.323. The van der Waals surface area contributed by atoms with E-state index >= 15 is 0 Å². The molecule has 1 aromatic heterocycles. The number of hydrogen-bond donors (Lipinski definition) is 1. The molecule has 1 N–H and O–H groups in total. The van der Waals surface area contributed by atoms with Crippen LogP contribution < -0.4 is 5.32 Å². The lowest BCUT2D eigenvalue weighted by molar-refractivity contribution is 0.415. The molecule has 0 spiro atoms. The van der Waals surface area contributed by atoms with Crippen LogP contribution in [0.25, 0.3) is 0 Å². The normalized spacial score (nSPS) is 27.1. The van der Waals surface area contributed by atoms with Gasteiger partial charge in [0, 0.05) is 14.9 Å². The number of hydrogen-bond acceptors (Lipinski definition) is 2. The van der Waals surface area contributed by atoms with Gasteiger partial charge in [0.15, 0.2) is 0 Å². The van der Waals surface area contributed by atoms with Gasteiger partial charge in [-0.15, -0.1) is 11.3 Å². The van der Waals surface area contributed by atoms with Crippen LogP contribution in [0.4, 0.5) is 0 Å². The number of thiophene rings is 1. The van der Waals surface area contributed by atoms with Crippen LogP contribution in [0.15, 0.2) is 14.3 Å². The summed E-state index contributed by atoms with van der Waals surface area (Å²) >= 11 is 8.89. The van der Waals surface area contributed by atoms with Crippen LogP contribution in [0.3, 0.4) is 0 Å². The molecule has 1 fully saturated rings. The van der Waals surface area contributed by atoms with E-state index in [1.807, 2.05) is 11.3 Å². The average molecular weight is 339 g/mol. The van der Waals surface area contributed by atoms with Gasteiger partial charge in [-0.05, 0) is 70.7 Å². The van der Waals surface area contributed by atoms with Crippen LogP contribution in [0.1, 0.15) is 24.6 Å². The quantitative estimate of drug-likeness (QED) is 0.860. The van der Waals surface area contributed by atoms with E-state index in [0.717, 1.165) is 6.42 Å². The van der Waals surface area contributed by atoms with Crippen molar-refractivity contribution in [2.24, 2.45) is 0 Å². The van der Waals surface area contributed by atoms with E-state index in [9.17, 15) is 0 Å². The van der Waals surface area contributed by atoms with Crippen molar-refractivity contribution in [2.75, 3.05) is 6.54 Å². The van der Waals surface area contributed by atoms with Gasteiger partial charge in [-0.3, -0.25) is 0 Å². The molecule has 0 aromatic carbocycles. The lowest BCUT2D eigenvalue weighted by atomic mass is 9.95. The molecule has 0 radical (unpaired) electrons. The van der Waals surface area contributed by atoms with E-state index < -0.39 is 0 Å². The second kappa shape index (κ2) is 4.24. The molecular formula is C10H13Br2NS. The minimum Gasteiger partial charge on any atom is -0.311 e. The van der Waals surface area contributed by atoms with Gasteiger partial charge < -0.3 is 5.32 Å². The van der Waals surface area contributed by atoms with Crippen molar-refractivity contribution >= 4 is 43.2 Å². The lowest BCUT2D eigenvalue weighted by Crippen LogP contribution is -2.38. The smallest absolute Gasteiger partial charge is 0.0843 e. The molecule has 1 aromatic rings. The highest BCUT2D eigenvalue weighted by Gasteiger charge is 2.28. The molecule has 78 valence electrons. The molecule has 1 atom stereocenters. The third-order valence-electron chi connectivity index (χ3n) is 2.72. The van der Waals surface area contributed by atoms with Crippen LogP contribution in [0, 0.1) is 0 Å². The summed E-state index contributed by atoms with van der Waals surface area (Å²) in [4.78, 5) is 1.45. The Kier molecular flexibility index (Phi) is 3.37. The fourth-order valence-corrected chi connectivity index (χ4v) is 4.33. The van der Waals surface area contributed by atoms with E-state index in [4.69, 9.17) is 0 Å². The summed E-state index contributed by atoms with van der Waals surface area (Å²) in [5, 5.41) is 3.59. The highest BCUT2D eigenvalue weighted by molar-refractivity contribution is 9.13. The van der Waals surface area contributed by atoms with E-state index in [1.54, 1.807) is 0 Å². The van der Waals surface area contributed by atoms with E-state index in [-0.39, 0.29) is 0 Å². The third kappa shape index (κ3) is 2.40. The summed E-state index contributed by atoms with van der Waals surface area (Å²) in [5.74, 6) is 0. The first-order valence-corrected chi connectivity index (χ1v) is 7.18. The van der Waals surface area contributed by atoms with Crippen molar-refractivity contribution < 1.29 is 0 Å². The SMILES string of the molecule is CC1(Cc2cc(Br)c(Br)s2)CCCN1. The fraction of sp³-hybridized carbons (Fsp3) is 0.600. The predicted octanol–water partition coefficient (Wildman–Crippen LogP) is 3.96. The summed E-state index contributed by atoms with van der Waals surface area (Å²) in [6.45, 7) is 3.49. The van der Waals surface area contributed by atoms with Crippen LogP contribution in [-0.2, 0) is 6.42 Å². The maximum Gasteiger partial charge on any atom is 0.0843 e. The summed E-state index contributed by atoms with van der Waals surface area (Å²) in [7, 11) is 0. The Balaban J connectivity index is 2.10. The molecule has 14 heavy (non-hydrogen) atoms. The topological polar surface area (TPSA) is 12.0 Å². The van der Waals surface area contributed by atoms with Gasteiger partial charge in [-0.25, -0.2) is 0 Å². The molecule has 1 nitrogen and oxygen atoms in total. The molecular weight excluding hydrogens is 326 g/mol. The molecule has 0 saturated carbocycles.